The molecule has 0 aliphatic rings. The van der Waals surface area contributed by atoms with E-state index in [2.05, 4.69) is 5.32 Å². The Hall–Kier alpha value is -2.63. The Morgan fingerprint density at radius 1 is 1.26 bits per heavy atom. The lowest BCUT2D eigenvalue weighted by Gasteiger charge is -2.07. The molecule has 0 atom stereocenters. The molecule has 19 heavy (non-hydrogen) atoms. The summed E-state index contributed by atoms with van der Waals surface area (Å²) in [5, 5.41) is 24.9. The van der Waals surface area contributed by atoms with Crippen molar-refractivity contribution < 1.29 is 9.65 Å². The Morgan fingerprint density at radius 2 is 1.95 bits per heavy atom. The highest BCUT2D eigenvalue weighted by Crippen LogP contribution is 2.21. The standard InChI is InChI=1S/C13H13N3O3/c1-10-2-4-11(5-3-10)8-14-12-9-15(17)7-6-13(12)16(18)19/h2-7,9,14H,8H2,1H3. The number of benzene rings is 1. The number of nitro groups is 1. The highest BCUT2D eigenvalue weighted by Gasteiger charge is 2.16. The van der Waals surface area contributed by atoms with Crippen LogP contribution in [0, 0.1) is 22.2 Å². The molecule has 0 amide bonds. The molecule has 0 radical (unpaired) electrons. The van der Waals surface area contributed by atoms with Crippen molar-refractivity contribution in [1.82, 2.24) is 0 Å². The Bertz CT molecular complexity index is 597. The summed E-state index contributed by atoms with van der Waals surface area (Å²) in [6.07, 6.45) is 2.27. The van der Waals surface area contributed by atoms with Crippen LogP contribution in [0.1, 0.15) is 11.1 Å². The summed E-state index contributed by atoms with van der Waals surface area (Å²) in [5.74, 6) is 0. The predicted octanol–water partition coefficient (Wildman–Crippen LogP) is 2.15. The smallest absolute Gasteiger partial charge is 0.304 e. The maximum Gasteiger partial charge on any atom is 0.304 e. The molecule has 98 valence electrons. The Morgan fingerprint density at radius 3 is 2.58 bits per heavy atom. The monoisotopic (exact) mass is 259 g/mol. The third-order valence-electron chi connectivity index (χ3n) is 2.71. The summed E-state index contributed by atoms with van der Waals surface area (Å²) in [7, 11) is 0. The normalized spacial score (nSPS) is 10.2. The van der Waals surface area contributed by atoms with E-state index in [0.29, 0.717) is 11.3 Å². The van der Waals surface area contributed by atoms with Gasteiger partial charge in [0, 0.05) is 6.54 Å². The lowest BCUT2D eigenvalue weighted by atomic mass is 10.1. The fraction of sp³-hybridized carbons (Fsp3) is 0.154. The molecule has 6 nitrogen and oxygen atoms in total. The van der Waals surface area contributed by atoms with Crippen LogP contribution in [0.2, 0.25) is 0 Å². The second kappa shape index (κ2) is 5.34. The van der Waals surface area contributed by atoms with E-state index in [4.69, 9.17) is 0 Å². The van der Waals surface area contributed by atoms with E-state index >= 15 is 0 Å². The van der Waals surface area contributed by atoms with Gasteiger partial charge in [0.25, 0.3) is 0 Å². The summed E-state index contributed by atoms with van der Waals surface area (Å²) in [4.78, 5) is 10.3. The van der Waals surface area contributed by atoms with Crippen molar-refractivity contribution in [2.24, 2.45) is 0 Å². The Kier molecular flexibility index (Phi) is 3.61. The first-order chi connectivity index (χ1) is 9.06. The molecule has 0 aliphatic carbocycles. The molecule has 2 aromatic rings. The zero-order valence-corrected chi connectivity index (χ0v) is 10.4. The summed E-state index contributed by atoms with van der Waals surface area (Å²) >= 11 is 0. The van der Waals surface area contributed by atoms with Crippen molar-refractivity contribution in [3.63, 3.8) is 0 Å². The summed E-state index contributed by atoms with van der Waals surface area (Å²) in [6, 6.07) is 8.98. The number of nitrogens with zero attached hydrogens (tertiary/aromatic N) is 2. The topological polar surface area (TPSA) is 82.1 Å². The highest BCUT2D eigenvalue weighted by molar-refractivity contribution is 5.58. The van der Waals surface area contributed by atoms with Crippen molar-refractivity contribution in [3.8, 4) is 0 Å². The second-order valence-electron chi connectivity index (χ2n) is 4.20. The molecule has 2 rings (SSSR count). The van der Waals surface area contributed by atoms with Crippen molar-refractivity contribution in [1.29, 1.82) is 0 Å². The Labute approximate surface area is 110 Å². The van der Waals surface area contributed by atoms with Gasteiger partial charge in [0.15, 0.2) is 11.9 Å². The van der Waals surface area contributed by atoms with E-state index in [1.807, 2.05) is 31.2 Å². The summed E-state index contributed by atoms with van der Waals surface area (Å²) in [5.41, 5.74) is 2.23. The van der Waals surface area contributed by atoms with E-state index in [-0.39, 0.29) is 11.4 Å². The lowest BCUT2D eigenvalue weighted by Crippen LogP contribution is -2.25. The van der Waals surface area contributed by atoms with Gasteiger partial charge in [0.2, 0.25) is 6.20 Å². The van der Waals surface area contributed by atoms with Crippen molar-refractivity contribution >= 4 is 11.4 Å². The Balaban J connectivity index is 2.16. The molecule has 0 saturated heterocycles. The zero-order valence-electron chi connectivity index (χ0n) is 10.4. The highest BCUT2D eigenvalue weighted by atomic mass is 16.6. The number of aryl methyl sites for hydroxylation is 1. The molecule has 1 heterocycles. The zero-order chi connectivity index (χ0) is 13.8. The summed E-state index contributed by atoms with van der Waals surface area (Å²) in [6.45, 7) is 2.41. The van der Waals surface area contributed by atoms with Gasteiger partial charge in [-0.25, -0.2) is 0 Å². The first kappa shape index (κ1) is 12.8. The maximum absolute atomic E-state index is 11.2. The molecule has 1 aromatic heterocycles. The van der Waals surface area contributed by atoms with Gasteiger partial charge in [-0.3, -0.25) is 10.1 Å². The number of anilines is 1. The molecular weight excluding hydrogens is 246 g/mol. The SMILES string of the molecule is Cc1ccc(CNc2c[n+]([O-])ccc2[N+](=O)[O-])cc1. The first-order valence-corrected chi connectivity index (χ1v) is 5.73. The largest absolute Gasteiger partial charge is 0.619 e. The number of pyridine rings is 1. The minimum absolute atomic E-state index is 0.112. The van der Waals surface area contributed by atoms with Gasteiger partial charge in [-0.1, -0.05) is 29.8 Å². The van der Waals surface area contributed by atoms with E-state index in [1.54, 1.807) is 0 Å². The molecule has 0 saturated carbocycles. The average Bonchev–Trinajstić information content (AvgIpc) is 2.38. The van der Waals surface area contributed by atoms with Gasteiger partial charge in [0.05, 0.1) is 11.0 Å². The van der Waals surface area contributed by atoms with Crippen LogP contribution in [-0.4, -0.2) is 4.92 Å². The molecule has 0 bridgehead atoms. The lowest BCUT2D eigenvalue weighted by molar-refractivity contribution is -0.605. The number of aromatic nitrogens is 1. The average molecular weight is 259 g/mol. The molecule has 6 heteroatoms. The van der Waals surface area contributed by atoms with Gasteiger partial charge in [0.1, 0.15) is 0 Å². The van der Waals surface area contributed by atoms with Gasteiger partial charge in [-0.05, 0) is 12.5 Å². The molecule has 0 spiro atoms. The van der Waals surface area contributed by atoms with Crippen LogP contribution in [-0.2, 0) is 6.54 Å². The van der Waals surface area contributed by atoms with E-state index in [0.717, 1.165) is 23.5 Å². The van der Waals surface area contributed by atoms with E-state index in [9.17, 15) is 15.3 Å². The molecule has 1 aromatic carbocycles. The number of hydrogen-bond donors (Lipinski definition) is 1. The number of rotatable bonds is 4. The van der Waals surface area contributed by atoms with Gasteiger partial charge < -0.3 is 10.5 Å². The van der Waals surface area contributed by atoms with Gasteiger partial charge in [-0.15, -0.1) is 0 Å². The van der Waals surface area contributed by atoms with Crippen molar-refractivity contribution in [2.45, 2.75) is 13.5 Å². The van der Waals surface area contributed by atoms with Crippen molar-refractivity contribution in [2.75, 3.05) is 5.32 Å². The minimum Gasteiger partial charge on any atom is -0.619 e. The third-order valence-corrected chi connectivity index (χ3v) is 2.71. The minimum atomic E-state index is -0.516. The molecule has 0 aliphatic heterocycles. The fourth-order valence-electron chi connectivity index (χ4n) is 1.67. The third kappa shape index (κ3) is 3.19. The first-order valence-electron chi connectivity index (χ1n) is 5.73. The van der Waals surface area contributed by atoms with Gasteiger partial charge in [-0.2, -0.15) is 4.73 Å². The summed E-state index contributed by atoms with van der Waals surface area (Å²) < 4.78 is 0.532. The molecule has 0 unspecified atom stereocenters. The van der Waals surface area contributed by atoms with E-state index < -0.39 is 4.92 Å². The van der Waals surface area contributed by atoms with Gasteiger partial charge >= 0.3 is 5.69 Å². The van der Waals surface area contributed by atoms with Crippen LogP contribution in [0.4, 0.5) is 11.4 Å². The molecule has 0 fully saturated rings. The second-order valence-corrected chi connectivity index (χ2v) is 4.20. The van der Waals surface area contributed by atoms with Crippen LogP contribution >= 0.6 is 0 Å². The molecule has 1 N–H and O–H groups in total. The maximum atomic E-state index is 11.2. The quantitative estimate of drug-likeness (QED) is 0.394. The van der Waals surface area contributed by atoms with Crippen LogP contribution in [0.25, 0.3) is 0 Å². The van der Waals surface area contributed by atoms with Crippen LogP contribution < -0.4 is 10.0 Å². The van der Waals surface area contributed by atoms with Crippen LogP contribution in [0.5, 0.6) is 0 Å². The van der Waals surface area contributed by atoms with E-state index in [1.165, 1.54) is 6.07 Å². The number of nitrogens with one attached hydrogen (secondary N) is 1. The van der Waals surface area contributed by atoms with Crippen LogP contribution in [0.15, 0.2) is 42.7 Å². The van der Waals surface area contributed by atoms with Crippen LogP contribution in [0.3, 0.4) is 0 Å². The molecular formula is C13H13N3O3. The number of hydrogen-bond acceptors (Lipinski definition) is 4. The predicted molar refractivity (Wildman–Crippen MR) is 70.6 cm³/mol. The van der Waals surface area contributed by atoms with Crippen molar-refractivity contribution in [3.05, 3.63) is 69.2 Å². The fourth-order valence-corrected chi connectivity index (χ4v) is 1.67.